The van der Waals surface area contributed by atoms with Gasteiger partial charge in [0, 0.05) is 33.8 Å². The smallest absolute Gasteiger partial charge is 0.197 e. The quantitative estimate of drug-likeness (QED) is 0.657. The van der Waals surface area contributed by atoms with Gasteiger partial charge in [-0.1, -0.05) is 15.9 Å². The summed E-state index contributed by atoms with van der Waals surface area (Å²) >= 11 is 3.32. The molecule has 17 heavy (non-hydrogen) atoms. The van der Waals surface area contributed by atoms with Crippen LogP contribution in [-0.2, 0) is 0 Å². The van der Waals surface area contributed by atoms with Gasteiger partial charge in [-0.15, -0.1) is 0 Å². The molecule has 0 atom stereocenters. The minimum absolute atomic E-state index is 0.199. The van der Waals surface area contributed by atoms with Crippen LogP contribution in [-0.4, -0.2) is 10.8 Å². The first kappa shape index (κ1) is 11.6. The second kappa shape index (κ2) is 4.55. The Bertz CT molecular complexity index is 584. The third kappa shape index (κ3) is 2.29. The summed E-state index contributed by atoms with van der Waals surface area (Å²) in [7, 11) is 0. The van der Waals surface area contributed by atoms with E-state index in [9.17, 15) is 4.79 Å². The molecule has 0 fully saturated rings. The number of nitrogens with two attached hydrogens (primary N) is 2. The zero-order valence-corrected chi connectivity index (χ0v) is 10.4. The van der Waals surface area contributed by atoms with Crippen molar-refractivity contribution in [2.45, 2.75) is 0 Å². The lowest BCUT2D eigenvalue weighted by Crippen LogP contribution is -2.07. The van der Waals surface area contributed by atoms with Crippen LogP contribution in [0.15, 0.2) is 41.1 Å². The van der Waals surface area contributed by atoms with Crippen LogP contribution in [0.2, 0.25) is 0 Å². The summed E-state index contributed by atoms with van der Waals surface area (Å²) in [5.41, 5.74) is 13.2. The Morgan fingerprint density at radius 2 is 1.94 bits per heavy atom. The van der Waals surface area contributed by atoms with Crippen molar-refractivity contribution in [1.29, 1.82) is 0 Å². The highest BCUT2D eigenvalue weighted by molar-refractivity contribution is 9.10. The summed E-state index contributed by atoms with van der Waals surface area (Å²) in [6.07, 6.45) is 2.99. The molecule has 2 aromatic rings. The summed E-state index contributed by atoms with van der Waals surface area (Å²) < 4.78 is 0.681. The third-order valence-corrected chi connectivity index (χ3v) is 3.03. The van der Waals surface area contributed by atoms with Gasteiger partial charge in [-0.3, -0.25) is 9.78 Å². The molecule has 0 unspecified atom stereocenters. The van der Waals surface area contributed by atoms with E-state index in [1.807, 2.05) is 0 Å². The van der Waals surface area contributed by atoms with Crippen LogP contribution in [0.5, 0.6) is 0 Å². The molecule has 1 heterocycles. The highest BCUT2D eigenvalue weighted by Gasteiger charge is 2.15. The molecule has 0 aliphatic heterocycles. The molecule has 1 aromatic carbocycles. The lowest BCUT2D eigenvalue weighted by molar-refractivity contribution is 0.103. The van der Waals surface area contributed by atoms with Crippen LogP contribution >= 0.6 is 15.9 Å². The monoisotopic (exact) mass is 291 g/mol. The SMILES string of the molecule is Nc1ccc(Br)c(C(=O)c2cnccc2N)c1. The Balaban J connectivity index is 2.51. The number of benzene rings is 1. The molecule has 0 saturated carbocycles. The van der Waals surface area contributed by atoms with E-state index >= 15 is 0 Å². The van der Waals surface area contributed by atoms with Crippen LogP contribution in [0.3, 0.4) is 0 Å². The number of aromatic nitrogens is 1. The summed E-state index contributed by atoms with van der Waals surface area (Å²) in [5.74, 6) is -0.199. The summed E-state index contributed by atoms with van der Waals surface area (Å²) in [5, 5.41) is 0. The molecular formula is C12H10BrN3O. The van der Waals surface area contributed by atoms with Crippen molar-refractivity contribution in [1.82, 2.24) is 4.98 Å². The van der Waals surface area contributed by atoms with Gasteiger partial charge in [-0.05, 0) is 24.3 Å². The van der Waals surface area contributed by atoms with Gasteiger partial charge in [0.2, 0.25) is 0 Å². The number of hydrogen-bond donors (Lipinski definition) is 2. The van der Waals surface area contributed by atoms with Crippen LogP contribution in [0.4, 0.5) is 11.4 Å². The molecule has 0 aliphatic rings. The fourth-order valence-corrected chi connectivity index (χ4v) is 1.88. The van der Waals surface area contributed by atoms with E-state index in [-0.39, 0.29) is 5.78 Å². The van der Waals surface area contributed by atoms with E-state index in [0.29, 0.717) is 27.0 Å². The Morgan fingerprint density at radius 3 is 2.65 bits per heavy atom. The molecule has 4 nitrogen and oxygen atoms in total. The first-order chi connectivity index (χ1) is 8.09. The molecule has 1 aromatic heterocycles. The van der Waals surface area contributed by atoms with Crippen molar-refractivity contribution in [2.24, 2.45) is 0 Å². The van der Waals surface area contributed by atoms with Crippen molar-refractivity contribution in [3.63, 3.8) is 0 Å². The number of carbonyl (C=O) groups excluding carboxylic acids is 1. The lowest BCUT2D eigenvalue weighted by Gasteiger charge is -2.06. The normalized spacial score (nSPS) is 10.2. The number of hydrogen-bond acceptors (Lipinski definition) is 4. The van der Waals surface area contributed by atoms with Gasteiger partial charge in [0.1, 0.15) is 0 Å². The van der Waals surface area contributed by atoms with E-state index in [0.717, 1.165) is 0 Å². The fourth-order valence-electron chi connectivity index (χ4n) is 1.46. The van der Waals surface area contributed by atoms with E-state index < -0.39 is 0 Å². The summed E-state index contributed by atoms with van der Waals surface area (Å²) in [6, 6.07) is 6.65. The number of carbonyl (C=O) groups is 1. The van der Waals surface area contributed by atoms with E-state index in [1.165, 1.54) is 6.20 Å². The Labute approximate surface area is 107 Å². The zero-order chi connectivity index (χ0) is 12.4. The average molecular weight is 292 g/mol. The third-order valence-electron chi connectivity index (χ3n) is 2.33. The first-order valence-corrected chi connectivity index (χ1v) is 5.68. The second-order valence-corrected chi connectivity index (χ2v) is 4.39. The van der Waals surface area contributed by atoms with E-state index in [4.69, 9.17) is 11.5 Å². The fraction of sp³-hybridized carbons (Fsp3) is 0. The van der Waals surface area contributed by atoms with Crippen LogP contribution in [0.1, 0.15) is 15.9 Å². The maximum Gasteiger partial charge on any atom is 0.197 e. The zero-order valence-electron chi connectivity index (χ0n) is 8.85. The molecule has 0 radical (unpaired) electrons. The highest BCUT2D eigenvalue weighted by Crippen LogP contribution is 2.24. The van der Waals surface area contributed by atoms with Crippen LogP contribution < -0.4 is 11.5 Å². The largest absolute Gasteiger partial charge is 0.399 e. The minimum atomic E-state index is -0.199. The maximum atomic E-state index is 12.2. The molecule has 0 amide bonds. The molecule has 0 spiro atoms. The van der Waals surface area contributed by atoms with Gasteiger partial charge in [-0.25, -0.2) is 0 Å². The number of rotatable bonds is 2. The van der Waals surface area contributed by atoms with E-state index in [2.05, 4.69) is 20.9 Å². The number of pyridine rings is 1. The van der Waals surface area contributed by atoms with Crippen LogP contribution in [0, 0.1) is 0 Å². The van der Waals surface area contributed by atoms with Gasteiger partial charge in [-0.2, -0.15) is 0 Å². The standard InChI is InChI=1S/C12H10BrN3O/c13-10-2-1-7(14)5-8(10)12(17)9-6-16-4-3-11(9)15/h1-6H,14H2,(H2,15,16). The molecular weight excluding hydrogens is 282 g/mol. The topological polar surface area (TPSA) is 82.0 Å². The minimum Gasteiger partial charge on any atom is -0.399 e. The Hall–Kier alpha value is -1.88. The molecule has 0 saturated heterocycles. The number of nitrogen functional groups attached to an aromatic ring is 2. The molecule has 86 valence electrons. The highest BCUT2D eigenvalue weighted by atomic mass is 79.9. The van der Waals surface area contributed by atoms with Crippen molar-refractivity contribution in [2.75, 3.05) is 11.5 Å². The van der Waals surface area contributed by atoms with Crippen molar-refractivity contribution >= 4 is 33.1 Å². The lowest BCUT2D eigenvalue weighted by atomic mass is 10.0. The molecule has 0 aliphatic carbocycles. The average Bonchev–Trinajstić information content (AvgIpc) is 2.32. The molecule has 5 heteroatoms. The number of nitrogens with zero attached hydrogens (tertiary/aromatic N) is 1. The maximum absolute atomic E-state index is 12.2. The molecule has 2 rings (SSSR count). The van der Waals surface area contributed by atoms with Crippen molar-refractivity contribution < 1.29 is 4.79 Å². The number of anilines is 2. The molecule has 4 N–H and O–H groups in total. The summed E-state index contributed by atoms with van der Waals surface area (Å²) in [6.45, 7) is 0. The number of halogens is 1. The van der Waals surface area contributed by atoms with Crippen molar-refractivity contribution in [3.8, 4) is 0 Å². The predicted molar refractivity (Wildman–Crippen MR) is 70.6 cm³/mol. The van der Waals surface area contributed by atoms with Gasteiger partial charge >= 0.3 is 0 Å². The van der Waals surface area contributed by atoms with Crippen molar-refractivity contribution in [3.05, 3.63) is 52.3 Å². The molecule has 0 bridgehead atoms. The second-order valence-electron chi connectivity index (χ2n) is 3.53. The Morgan fingerprint density at radius 1 is 1.18 bits per heavy atom. The van der Waals surface area contributed by atoms with Gasteiger partial charge in [0.15, 0.2) is 5.78 Å². The van der Waals surface area contributed by atoms with Gasteiger partial charge in [0.25, 0.3) is 0 Å². The van der Waals surface area contributed by atoms with Gasteiger partial charge < -0.3 is 11.5 Å². The van der Waals surface area contributed by atoms with Gasteiger partial charge in [0.05, 0.1) is 5.56 Å². The van der Waals surface area contributed by atoms with E-state index in [1.54, 1.807) is 30.5 Å². The number of ketones is 1. The predicted octanol–water partition coefficient (Wildman–Crippen LogP) is 2.24. The Kier molecular flexibility index (Phi) is 3.10. The first-order valence-electron chi connectivity index (χ1n) is 4.89. The summed E-state index contributed by atoms with van der Waals surface area (Å²) in [4.78, 5) is 16.1. The van der Waals surface area contributed by atoms with Crippen LogP contribution in [0.25, 0.3) is 0 Å².